The van der Waals surface area contributed by atoms with Crippen molar-refractivity contribution in [1.29, 1.82) is 0 Å². The van der Waals surface area contributed by atoms with Crippen molar-refractivity contribution in [1.82, 2.24) is 4.98 Å². The number of halogens is 2. The number of carboxylic acids is 1. The van der Waals surface area contributed by atoms with Gasteiger partial charge in [-0.05, 0) is 47.7 Å². The average Bonchev–Trinajstić information content (AvgIpc) is 2.64. The molecule has 0 aliphatic carbocycles. The summed E-state index contributed by atoms with van der Waals surface area (Å²) in [5.41, 5.74) is 1.37. The topological polar surface area (TPSA) is 62.2 Å². The van der Waals surface area contributed by atoms with E-state index in [2.05, 4.69) is 32.9 Å². The van der Waals surface area contributed by atoms with Crippen LogP contribution < -0.4 is 5.32 Å². The predicted octanol–water partition coefficient (Wildman–Crippen LogP) is 4.15. The lowest BCUT2D eigenvalue weighted by molar-refractivity contribution is 0.0701. The van der Waals surface area contributed by atoms with E-state index in [4.69, 9.17) is 16.7 Å². The molecule has 0 bridgehead atoms. The normalized spacial score (nSPS) is 10.4. The highest BCUT2D eigenvalue weighted by Crippen LogP contribution is 2.29. The number of aryl methyl sites for hydroxylation is 1. The minimum absolute atomic E-state index is 0.251. The van der Waals surface area contributed by atoms with Crippen LogP contribution in [0.1, 0.15) is 15.4 Å². The summed E-state index contributed by atoms with van der Waals surface area (Å²) in [5, 5.41) is 13.3. The van der Waals surface area contributed by atoms with Crippen LogP contribution in [0.15, 0.2) is 18.2 Å². The predicted molar refractivity (Wildman–Crippen MR) is 81.3 cm³/mol. The SMILES string of the molecule is Cc1nc(Nc2ccc(Cl)cc2I)sc1C(=O)O. The summed E-state index contributed by atoms with van der Waals surface area (Å²) in [5.74, 6) is -0.955. The van der Waals surface area contributed by atoms with Gasteiger partial charge in [0.15, 0.2) is 5.13 Å². The van der Waals surface area contributed by atoms with E-state index in [0.29, 0.717) is 15.8 Å². The number of hydrogen-bond donors (Lipinski definition) is 2. The zero-order valence-corrected chi connectivity index (χ0v) is 12.9. The van der Waals surface area contributed by atoms with Gasteiger partial charge in [-0.3, -0.25) is 0 Å². The third-order valence-corrected chi connectivity index (χ3v) is 4.35. The lowest BCUT2D eigenvalue weighted by atomic mass is 10.3. The van der Waals surface area contributed by atoms with Crippen molar-refractivity contribution < 1.29 is 9.90 Å². The molecule has 0 aliphatic heterocycles. The fourth-order valence-electron chi connectivity index (χ4n) is 1.35. The van der Waals surface area contributed by atoms with Crippen molar-refractivity contribution in [3.05, 3.63) is 37.4 Å². The molecule has 0 atom stereocenters. The van der Waals surface area contributed by atoms with Gasteiger partial charge in [-0.25, -0.2) is 9.78 Å². The number of aromatic nitrogens is 1. The first-order valence-corrected chi connectivity index (χ1v) is 7.17. The number of nitrogens with zero attached hydrogens (tertiary/aromatic N) is 1. The first-order valence-electron chi connectivity index (χ1n) is 4.90. The number of aromatic carboxylic acids is 1. The molecule has 94 valence electrons. The highest BCUT2D eigenvalue weighted by Gasteiger charge is 2.14. The van der Waals surface area contributed by atoms with E-state index in [9.17, 15) is 4.79 Å². The molecule has 2 aromatic rings. The quantitative estimate of drug-likeness (QED) is 0.768. The van der Waals surface area contributed by atoms with E-state index in [1.54, 1.807) is 13.0 Å². The molecular weight excluding hydrogens is 387 g/mol. The van der Waals surface area contributed by atoms with E-state index in [1.165, 1.54) is 0 Å². The Kier molecular flexibility index (Phi) is 4.08. The number of thiazole rings is 1. The first-order chi connectivity index (χ1) is 8.47. The standard InChI is InChI=1S/C11H8ClIN2O2S/c1-5-9(10(16)17)18-11(14-5)15-8-3-2-6(12)4-7(8)13/h2-4H,1H3,(H,14,15)(H,16,17). The molecule has 2 N–H and O–H groups in total. The monoisotopic (exact) mass is 394 g/mol. The van der Waals surface area contributed by atoms with Gasteiger partial charge in [-0.1, -0.05) is 22.9 Å². The van der Waals surface area contributed by atoms with Crippen LogP contribution in [0.3, 0.4) is 0 Å². The van der Waals surface area contributed by atoms with E-state index >= 15 is 0 Å². The molecule has 0 unspecified atom stereocenters. The Bertz CT molecular complexity index is 615. The van der Waals surface area contributed by atoms with Gasteiger partial charge < -0.3 is 10.4 Å². The van der Waals surface area contributed by atoms with Crippen LogP contribution in [0.5, 0.6) is 0 Å². The summed E-state index contributed by atoms with van der Waals surface area (Å²) in [6.07, 6.45) is 0. The van der Waals surface area contributed by atoms with Gasteiger partial charge in [0.05, 0.1) is 11.4 Å². The molecule has 0 radical (unpaired) electrons. The van der Waals surface area contributed by atoms with Gasteiger partial charge in [0.1, 0.15) is 4.88 Å². The molecule has 0 fully saturated rings. The smallest absolute Gasteiger partial charge is 0.347 e. The Morgan fingerprint density at radius 2 is 2.28 bits per heavy atom. The molecule has 0 amide bonds. The number of anilines is 2. The summed E-state index contributed by atoms with van der Waals surface area (Å²) in [6.45, 7) is 1.68. The number of nitrogens with one attached hydrogen (secondary N) is 1. The molecule has 18 heavy (non-hydrogen) atoms. The van der Waals surface area contributed by atoms with E-state index in [1.807, 2.05) is 12.1 Å². The molecule has 1 aromatic heterocycles. The molecule has 4 nitrogen and oxygen atoms in total. The van der Waals surface area contributed by atoms with Gasteiger partial charge in [-0.15, -0.1) is 0 Å². The molecule has 2 rings (SSSR count). The third kappa shape index (κ3) is 2.93. The van der Waals surface area contributed by atoms with Crippen molar-refractivity contribution >= 4 is 62.3 Å². The molecule has 0 spiro atoms. The van der Waals surface area contributed by atoms with Gasteiger partial charge >= 0.3 is 5.97 Å². The van der Waals surface area contributed by atoms with Gasteiger partial charge in [0, 0.05) is 8.59 Å². The fraction of sp³-hybridized carbons (Fsp3) is 0.0909. The second kappa shape index (κ2) is 5.41. The highest BCUT2D eigenvalue weighted by molar-refractivity contribution is 14.1. The van der Waals surface area contributed by atoms with Gasteiger partial charge in [-0.2, -0.15) is 0 Å². The minimum atomic E-state index is -0.955. The average molecular weight is 395 g/mol. The minimum Gasteiger partial charge on any atom is -0.477 e. The Hall–Kier alpha value is -0.860. The van der Waals surface area contributed by atoms with Crippen molar-refractivity contribution in [3.63, 3.8) is 0 Å². The zero-order chi connectivity index (χ0) is 13.3. The van der Waals surface area contributed by atoms with E-state index in [-0.39, 0.29) is 4.88 Å². The van der Waals surface area contributed by atoms with Gasteiger partial charge in [0.2, 0.25) is 0 Å². The summed E-state index contributed by atoms with van der Waals surface area (Å²) >= 11 is 9.14. The maximum Gasteiger partial charge on any atom is 0.347 e. The second-order valence-electron chi connectivity index (χ2n) is 3.49. The zero-order valence-electron chi connectivity index (χ0n) is 9.20. The number of carboxylic acid groups (broad SMARTS) is 1. The second-order valence-corrected chi connectivity index (χ2v) is 6.09. The maximum absolute atomic E-state index is 10.9. The summed E-state index contributed by atoms with van der Waals surface area (Å²) in [7, 11) is 0. The lowest BCUT2D eigenvalue weighted by Gasteiger charge is -2.05. The summed E-state index contributed by atoms with van der Waals surface area (Å²) < 4.78 is 0.949. The number of carbonyl (C=O) groups is 1. The molecule has 0 saturated heterocycles. The lowest BCUT2D eigenvalue weighted by Crippen LogP contribution is -1.94. The molecule has 0 saturated carbocycles. The van der Waals surface area contributed by atoms with Gasteiger partial charge in [0.25, 0.3) is 0 Å². The Morgan fingerprint density at radius 3 is 2.83 bits per heavy atom. The van der Waals surface area contributed by atoms with Crippen molar-refractivity contribution in [3.8, 4) is 0 Å². The molecular formula is C11H8ClIN2O2S. The van der Waals surface area contributed by atoms with Crippen molar-refractivity contribution in [2.75, 3.05) is 5.32 Å². The number of rotatable bonds is 3. The molecule has 1 aromatic carbocycles. The maximum atomic E-state index is 10.9. The summed E-state index contributed by atoms with van der Waals surface area (Å²) in [4.78, 5) is 15.4. The molecule has 0 aliphatic rings. The largest absolute Gasteiger partial charge is 0.477 e. The van der Waals surface area contributed by atoms with E-state index < -0.39 is 5.97 Å². The Balaban J connectivity index is 2.29. The molecule has 7 heteroatoms. The van der Waals surface area contributed by atoms with Crippen LogP contribution in [-0.4, -0.2) is 16.1 Å². The fourth-order valence-corrected chi connectivity index (χ4v) is 3.18. The first kappa shape index (κ1) is 13.6. The van der Waals surface area contributed by atoms with Crippen LogP contribution >= 0.6 is 45.5 Å². The van der Waals surface area contributed by atoms with Crippen LogP contribution in [0, 0.1) is 10.5 Å². The van der Waals surface area contributed by atoms with Crippen LogP contribution in [0.25, 0.3) is 0 Å². The Labute approximate surface area is 126 Å². The van der Waals surface area contributed by atoms with Crippen LogP contribution in [0.2, 0.25) is 5.02 Å². The third-order valence-electron chi connectivity index (χ3n) is 2.16. The van der Waals surface area contributed by atoms with Crippen LogP contribution in [-0.2, 0) is 0 Å². The summed E-state index contributed by atoms with van der Waals surface area (Å²) in [6, 6.07) is 5.43. The van der Waals surface area contributed by atoms with Crippen molar-refractivity contribution in [2.45, 2.75) is 6.92 Å². The van der Waals surface area contributed by atoms with Crippen molar-refractivity contribution in [2.24, 2.45) is 0 Å². The number of hydrogen-bond acceptors (Lipinski definition) is 4. The van der Waals surface area contributed by atoms with E-state index in [0.717, 1.165) is 20.6 Å². The molecule has 1 heterocycles. The van der Waals surface area contributed by atoms with Crippen LogP contribution in [0.4, 0.5) is 10.8 Å². The Morgan fingerprint density at radius 1 is 1.56 bits per heavy atom. The number of benzene rings is 1. The highest BCUT2D eigenvalue weighted by atomic mass is 127.